The van der Waals surface area contributed by atoms with E-state index in [-0.39, 0.29) is 11.9 Å². The molecular formula is C31H32N4O2S. The molecule has 0 fully saturated rings. The molecule has 0 amide bonds. The summed E-state index contributed by atoms with van der Waals surface area (Å²) in [6.45, 7) is 14.4. The molecule has 0 spiro atoms. The lowest BCUT2D eigenvalue weighted by Gasteiger charge is -2.35. The Kier molecular flexibility index (Phi) is 8.17. The van der Waals surface area contributed by atoms with Crippen LogP contribution >= 0.6 is 11.8 Å². The van der Waals surface area contributed by atoms with Crippen molar-refractivity contribution in [2.75, 3.05) is 6.61 Å². The van der Waals surface area contributed by atoms with Gasteiger partial charge in [0, 0.05) is 22.4 Å². The summed E-state index contributed by atoms with van der Waals surface area (Å²) in [5.74, 6) is -0.391. The van der Waals surface area contributed by atoms with Gasteiger partial charge in [-0.1, -0.05) is 81.2 Å². The molecule has 3 aromatic carbocycles. The molecule has 0 aliphatic rings. The minimum atomic E-state index is -0.453. The van der Waals surface area contributed by atoms with Crippen LogP contribution in [0.3, 0.4) is 0 Å². The lowest BCUT2D eigenvalue weighted by molar-refractivity contribution is 0.0526. The molecule has 2 N–H and O–H groups in total. The Morgan fingerprint density at radius 3 is 2.61 bits per heavy atom. The predicted octanol–water partition coefficient (Wildman–Crippen LogP) is 7.07. The molecule has 1 unspecified atom stereocenters. The molecule has 6 nitrogen and oxygen atoms in total. The van der Waals surface area contributed by atoms with Crippen molar-refractivity contribution in [3.8, 4) is 5.69 Å². The highest BCUT2D eigenvalue weighted by molar-refractivity contribution is 8.16. The molecule has 7 heteroatoms. The summed E-state index contributed by atoms with van der Waals surface area (Å²) in [5.41, 5.74) is 10.8. The number of benzene rings is 3. The van der Waals surface area contributed by atoms with Crippen LogP contribution < -0.4 is 5.73 Å². The van der Waals surface area contributed by atoms with Crippen LogP contribution in [0, 0.1) is 5.41 Å². The van der Waals surface area contributed by atoms with E-state index in [9.17, 15) is 4.79 Å². The maximum atomic E-state index is 12.3. The molecule has 1 aromatic heterocycles. The third-order valence-corrected chi connectivity index (χ3v) is 7.07. The van der Waals surface area contributed by atoms with Crippen LogP contribution in [0.15, 0.2) is 108 Å². The SMILES string of the molecule is C=CSC(N)=NC(=C)C(C)(C)C(c1ccccc1)c1ccc2c(cnn2-c2cccc(C(=O)OCC)c2)c1. The summed E-state index contributed by atoms with van der Waals surface area (Å²) >= 11 is 1.28. The Morgan fingerprint density at radius 1 is 1.13 bits per heavy atom. The first-order chi connectivity index (χ1) is 18.3. The standard InChI is InChI=1S/C31H32N4O2S/c1-6-37-29(36)24-14-11-15-26(19-24)35-27-17-16-23(18-25(27)20-33-35)28(22-12-9-8-10-13-22)31(4,5)21(3)34-30(32)38-7-2/h7-20,28H,2-3,6H2,1,4-5H3,(H2,32,34). The topological polar surface area (TPSA) is 82.5 Å². The van der Waals surface area contributed by atoms with E-state index in [2.05, 4.69) is 67.4 Å². The van der Waals surface area contributed by atoms with E-state index in [0.717, 1.165) is 27.7 Å². The summed E-state index contributed by atoms with van der Waals surface area (Å²) in [4.78, 5) is 16.8. The molecular weight excluding hydrogens is 492 g/mol. The third-order valence-electron chi connectivity index (χ3n) is 6.57. The van der Waals surface area contributed by atoms with E-state index in [1.54, 1.807) is 24.5 Å². The molecule has 0 radical (unpaired) electrons. The second kappa shape index (κ2) is 11.5. The minimum absolute atomic E-state index is 0.0404. The van der Waals surface area contributed by atoms with Gasteiger partial charge in [0.25, 0.3) is 0 Å². The lowest BCUT2D eigenvalue weighted by Crippen LogP contribution is -2.26. The van der Waals surface area contributed by atoms with Crippen molar-refractivity contribution < 1.29 is 9.53 Å². The molecule has 4 aromatic rings. The van der Waals surface area contributed by atoms with Crippen LogP contribution in [0.25, 0.3) is 16.6 Å². The fourth-order valence-corrected chi connectivity index (χ4v) is 4.98. The van der Waals surface area contributed by atoms with Gasteiger partial charge in [-0.3, -0.25) is 0 Å². The summed E-state index contributed by atoms with van der Waals surface area (Å²) in [5, 5.41) is 7.69. The second-order valence-electron chi connectivity index (χ2n) is 9.39. The number of carbonyl (C=O) groups excluding carboxylic acids is 1. The number of nitrogens with two attached hydrogens (primary N) is 1. The summed E-state index contributed by atoms with van der Waals surface area (Å²) in [6, 6.07) is 24.0. The van der Waals surface area contributed by atoms with Crippen molar-refractivity contribution in [3.05, 3.63) is 120 Å². The molecule has 1 atom stereocenters. The first-order valence-electron chi connectivity index (χ1n) is 12.4. The van der Waals surface area contributed by atoms with Crippen LogP contribution in [-0.2, 0) is 4.74 Å². The second-order valence-corrected chi connectivity index (χ2v) is 10.4. The summed E-state index contributed by atoms with van der Waals surface area (Å²) in [6.07, 6.45) is 1.84. The van der Waals surface area contributed by atoms with Crippen LogP contribution in [0.4, 0.5) is 0 Å². The zero-order valence-corrected chi connectivity index (χ0v) is 22.7. The van der Waals surface area contributed by atoms with Gasteiger partial charge in [-0.2, -0.15) is 5.10 Å². The van der Waals surface area contributed by atoms with Gasteiger partial charge in [0.2, 0.25) is 0 Å². The largest absolute Gasteiger partial charge is 0.462 e. The number of thioether (sulfide) groups is 1. The molecule has 0 saturated carbocycles. The van der Waals surface area contributed by atoms with Gasteiger partial charge in [-0.05, 0) is 53.8 Å². The Labute approximate surface area is 227 Å². The Balaban J connectivity index is 1.77. The third kappa shape index (κ3) is 5.58. The van der Waals surface area contributed by atoms with E-state index in [4.69, 9.17) is 10.5 Å². The molecule has 0 bridgehead atoms. The highest BCUT2D eigenvalue weighted by Gasteiger charge is 2.35. The van der Waals surface area contributed by atoms with Crippen LogP contribution in [-0.4, -0.2) is 27.5 Å². The number of rotatable bonds is 9. The number of esters is 1. The van der Waals surface area contributed by atoms with Gasteiger partial charge in [0.1, 0.15) is 0 Å². The van der Waals surface area contributed by atoms with Gasteiger partial charge < -0.3 is 10.5 Å². The highest BCUT2D eigenvalue weighted by Crippen LogP contribution is 2.46. The van der Waals surface area contributed by atoms with Crippen molar-refractivity contribution in [1.82, 2.24) is 9.78 Å². The predicted molar refractivity (Wildman–Crippen MR) is 158 cm³/mol. The smallest absolute Gasteiger partial charge is 0.338 e. The van der Waals surface area contributed by atoms with Crippen molar-refractivity contribution >= 4 is 33.8 Å². The van der Waals surface area contributed by atoms with Crippen LogP contribution in [0.1, 0.15) is 48.2 Å². The Morgan fingerprint density at radius 2 is 1.89 bits per heavy atom. The number of amidine groups is 1. The molecule has 0 saturated heterocycles. The molecule has 4 rings (SSSR count). The van der Waals surface area contributed by atoms with Crippen molar-refractivity contribution in [1.29, 1.82) is 0 Å². The zero-order chi connectivity index (χ0) is 27.3. The van der Waals surface area contributed by atoms with Gasteiger partial charge in [-0.25, -0.2) is 14.5 Å². The number of nitrogens with zero attached hydrogens (tertiary/aromatic N) is 3. The minimum Gasteiger partial charge on any atom is -0.462 e. The zero-order valence-electron chi connectivity index (χ0n) is 21.9. The first-order valence-corrected chi connectivity index (χ1v) is 13.3. The van der Waals surface area contributed by atoms with Gasteiger partial charge >= 0.3 is 5.97 Å². The number of allylic oxidation sites excluding steroid dienone is 1. The lowest BCUT2D eigenvalue weighted by atomic mass is 9.69. The average Bonchev–Trinajstić information content (AvgIpc) is 3.33. The van der Waals surface area contributed by atoms with E-state index in [1.165, 1.54) is 11.8 Å². The van der Waals surface area contributed by atoms with Gasteiger partial charge in [0.15, 0.2) is 5.17 Å². The van der Waals surface area contributed by atoms with E-state index in [0.29, 0.717) is 23.0 Å². The number of hydrogen-bond acceptors (Lipinski definition) is 5. The summed E-state index contributed by atoms with van der Waals surface area (Å²) in [7, 11) is 0. The Hall–Kier alpha value is -4.10. The van der Waals surface area contributed by atoms with Gasteiger partial charge in [0.05, 0.1) is 29.6 Å². The molecule has 38 heavy (non-hydrogen) atoms. The highest BCUT2D eigenvalue weighted by atomic mass is 32.2. The molecule has 194 valence electrons. The van der Waals surface area contributed by atoms with E-state index < -0.39 is 5.41 Å². The fraction of sp³-hybridized carbons (Fsp3) is 0.194. The summed E-state index contributed by atoms with van der Waals surface area (Å²) < 4.78 is 7.00. The number of fused-ring (bicyclic) bond motifs is 1. The maximum Gasteiger partial charge on any atom is 0.338 e. The maximum absolute atomic E-state index is 12.3. The average molecular weight is 525 g/mol. The number of aromatic nitrogens is 2. The quantitative estimate of drug-likeness (QED) is 0.144. The molecule has 0 aliphatic carbocycles. The molecule has 0 aliphatic heterocycles. The van der Waals surface area contributed by atoms with E-state index >= 15 is 0 Å². The van der Waals surface area contributed by atoms with Crippen molar-refractivity contribution in [2.45, 2.75) is 26.7 Å². The van der Waals surface area contributed by atoms with Crippen LogP contribution in [0.2, 0.25) is 0 Å². The number of hydrogen-bond donors (Lipinski definition) is 1. The first kappa shape index (κ1) is 26.9. The van der Waals surface area contributed by atoms with Gasteiger partial charge in [-0.15, -0.1) is 0 Å². The fourth-order valence-electron chi connectivity index (χ4n) is 4.64. The van der Waals surface area contributed by atoms with E-state index in [1.807, 2.05) is 41.2 Å². The van der Waals surface area contributed by atoms with Crippen molar-refractivity contribution in [3.63, 3.8) is 0 Å². The number of aliphatic imine (C=N–C) groups is 1. The van der Waals surface area contributed by atoms with Crippen molar-refractivity contribution in [2.24, 2.45) is 16.1 Å². The number of carbonyl (C=O) groups is 1. The normalized spacial score (nSPS) is 12.8. The molecule has 1 heterocycles. The Bertz CT molecular complexity index is 1500. The van der Waals surface area contributed by atoms with Crippen LogP contribution in [0.5, 0.6) is 0 Å². The number of ether oxygens (including phenoxy) is 1. The monoisotopic (exact) mass is 524 g/mol.